The Hall–Kier alpha value is -3.24. The molecule has 1 aliphatic heterocycles. The van der Waals surface area contributed by atoms with E-state index in [4.69, 9.17) is 0 Å². The molecule has 1 fully saturated rings. The highest BCUT2D eigenvalue weighted by molar-refractivity contribution is 7.92. The van der Waals surface area contributed by atoms with Crippen LogP contribution in [0.5, 0.6) is 0 Å². The van der Waals surface area contributed by atoms with Crippen LogP contribution < -0.4 is 15.4 Å². The summed E-state index contributed by atoms with van der Waals surface area (Å²) < 4.78 is 40.0. The lowest BCUT2D eigenvalue weighted by Gasteiger charge is -2.14. The second-order valence-corrected chi connectivity index (χ2v) is 10.2. The fourth-order valence-corrected chi connectivity index (χ4v) is 4.50. The molecule has 0 spiro atoms. The highest BCUT2D eigenvalue weighted by Crippen LogP contribution is 2.27. The maximum absolute atomic E-state index is 14.4. The van der Waals surface area contributed by atoms with Gasteiger partial charge in [0, 0.05) is 5.69 Å². The van der Waals surface area contributed by atoms with Gasteiger partial charge in [0.1, 0.15) is 0 Å². The Bertz CT molecular complexity index is 1210. The lowest BCUT2D eigenvalue weighted by atomic mass is 10.1. The predicted molar refractivity (Wildman–Crippen MR) is 134 cm³/mol. The number of anilines is 5. The van der Waals surface area contributed by atoms with Crippen molar-refractivity contribution in [3.8, 4) is 0 Å². The number of aryl methyl sites for hydroxylation is 1. The normalized spacial score (nSPS) is 14.2. The van der Waals surface area contributed by atoms with Gasteiger partial charge in [0.25, 0.3) is 0 Å². The molecule has 1 aromatic heterocycles. The number of hydrogen-bond acceptors (Lipinski definition) is 7. The van der Waals surface area contributed by atoms with E-state index >= 15 is 0 Å². The van der Waals surface area contributed by atoms with Crippen LogP contribution in [0, 0.1) is 5.82 Å². The summed E-state index contributed by atoms with van der Waals surface area (Å²) in [7, 11) is -3.50. The van der Waals surface area contributed by atoms with Crippen LogP contribution in [0.1, 0.15) is 24.8 Å². The standard InChI is InChI=1S/C24H29FN6O2S/c1-34(32,33)30-22-9-3-2-8-21(22)28-23-20(25)17-26-24(29-23)27-19-12-10-18(11-13-19)7-6-16-31-14-4-5-15-31/h2-3,8-13,17,30H,4-7,14-16H2,1H3,(H2,26,27,28,29). The highest BCUT2D eigenvalue weighted by Gasteiger charge is 2.13. The summed E-state index contributed by atoms with van der Waals surface area (Å²) >= 11 is 0. The van der Waals surface area contributed by atoms with E-state index in [0.717, 1.165) is 37.5 Å². The van der Waals surface area contributed by atoms with Crippen molar-refractivity contribution in [3.05, 3.63) is 66.1 Å². The Morgan fingerprint density at radius 1 is 1.00 bits per heavy atom. The largest absolute Gasteiger partial charge is 0.336 e. The maximum Gasteiger partial charge on any atom is 0.229 e. The molecule has 0 unspecified atom stereocenters. The SMILES string of the molecule is CS(=O)(=O)Nc1ccccc1Nc1nc(Nc2ccc(CCCN3CCCC3)cc2)ncc1F. The summed E-state index contributed by atoms with van der Waals surface area (Å²) in [5.41, 5.74) is 2.72. The monoisotopic (exact) mass is 484 g/mol. The minimum absolute atomic E-state index is 0.0706. The highest BCUT2D eigenvalue weighted by atomic mass is 32.2. The van der Waals surface area contributed by atoms with Crippen LogP contribution in [0.25, 0.3) is 0 Å². The smallest absolute Gasteiger partial charge is 0.229 e. The maximum atomic E-state index is 14.4. The van der Waals surface area contributed by atoms with Gasteiger partial charge in [0.05, 0.1) is 23.8 Å². The van der Waals surface area contributed by atoms with Crippen LogP contribution in [-0.4, -0.2) is 49.2 Å². The van der Waals surface area contributed by atoms with Crippen LogP contribution in [0.4, 0.5) is 33.2 Å². The van der Waals surface area contributed by atoms with Crippen LogP contribution in [0.15, 0.2) is 54.7 Å². The van der Waals surface area contributed by atoms with Crippen LogP contribution in [0.3, 0.4) is 0 Å². The Morgan fingerprint density at radius 3 is 2.41 bits per heavy atom. The summed E-state index contributed by atoms with van der Waals surface area (Å²) in [6, 6.07) is 14.6. The number of likely N-dealkylation sites (tertiary alicyclic amines) is 1. The Morgan fingerprint density at radius 2 is 1.71 bits per heavy atom. The second-order valence-electron chi connectivity index (χ2n) is 8.41. The average Bonchev–Trinajstić information content (AvgIpc) is 3.31. The fraction of sp³-hybridized carbons (Fsp3) is 0.333. The van der Waals surface area contributed by atoms with E-state index in [9.17, 15) is 12.8 Å². The first kappa shape index (κ1) is 23.9. The van der Waals surface area contributed by atoms with Crippen LogP contribution >= 0.6 is 0 Å². The number of nitrogens with one attached hydrogen (secondary N) is 3. The number of hydrogen-bond donors (Lipinski definition) is 3. The molecule has 34 heavy (non-hydrogen) atoms. The van der Waals surface area contributed by atoms with E-state index in [0.29, 0.717) is 5.69 Å². The van der Waals surface area contributed by atoms with E-state index in [-0.39, 0.29) is 17.5 Å². The van der Waals surface area contributed by atoms with Gasteiger partial charge >= 0.3 is 0 Å². The number of aromatic nitrogens is 2. The quantitative estimate of drug-likeness (QED) is 0.390. The van der Waals surface area contributed by atoms with Crippen molar-refractivity contribution in [2.45, 2.75) is 25.7 Å². The second kappa shape index (κ2) is 10.8. The Kier molecular flexibility index (Phi) is 7.59. The van der Waals surface area contributed by atoms with Gasteiger partial charge < -0.3 is 15.5 Å². The molecule has 0 aliphatic carbocycles. The summed E-state index contributed by atoms with van der Waals surface area (Å²) in [6.07, 6.45) is 6.91. The Balaban J connectivity index is 1.39. The zero-order chi connectivity index (χ0) is 24.0. The summed E-state index contributed by atoms with van der Waals surface area (Å²) in [4.78, 5) is 10.8. The van der Waals surface area contributed by atoms with E-state index in [1.54, 1.807) is 24.3 Å². The number of halogens is 1. The van der Waals surface area contributed by atoms with Crippen molar-refractivity contribution < 1.29 is 12.8 Å². The van der Waals surface area contributed by atoms with Crippen molar-refractivity contribution in [1.82, 2.24) is 14.9 Å². The van der Waals surface area contributed by atoms with Gasteiger partial charge in [-0.15, -0.1) is 0 Å². The molecule has 0 amide bonds. The lowest BCUT2D eigenvalue weighted by Crippen LogP contribution is -2.20. The van der Waals surface area contributed by atoms with Gasteiger partial charge in [-0.05, 0) is 75.1 Å². The van der Waals surface area contributed by atoms with Gasteiger partial charge in [-0.1, -0.05) is 24.3 Å². The van der Waals surface area contributed by atoms with E-state index < -0.39 is 15.8 Å². The molecule has 0 radical (unpaired) electrons. The first-order valence-corrected chi connectivity index (χ1v) is 13.2. The predicted octanol–water partition coefficient (Wildman–Crippen LogP) is 4.50. The number of rotatable bonds is 10. The molecule has 8 nitrogen and oxygen atoms in total. The van der Waals surface area contributed by atoms with E-state index in [2.05, 4.69) is 42.4 Å². The molecule has 1 saturated heterocycles. The number of nitrogens with zero attached hydrogens (tertiary/aromatic N) is 3. The molecule has 10 heteroatoms. The molecule has 0 atom stereocenters. The van der Waals surface area contributed by atoms with Crippen LogP contribution in [-0.2, 0) is 16.4 Å². The zero-order valence-electron chi connectivity index (χ0n) is 19.1. The molecule has 3 aromatic rings. The minimum atomic E-state index is -3.50. The van der Waals surface area contributed by atoms with Crippen LogP contribution in [0.2, 0.25) is 0 Å². The first-order chi connectivity index (χ1) is 16.4. The summed E-state index contributed by atoms with van der Waals surface area (Å²) in [5, 5.41) is 5.94. The molecule has 1 aliphatic rings. The molecule has 2 aromatic carbocycles. The molecule has 180 valence electrons. The number of para-hydroxylation sites is 2. The van der Waals surface area contributed by atoms with E-state index in [1.165, 1.54) is 31.5 Å². The fourth-order valence-electron chi connectivity index (χ4n) is 3.92. The Labute approximate surface area is 199 Å². The minimum Gasteiger partial charge on any atom is -0.336 e. The van der Waals surface area contributed by atoms with Gasteiger partial charge in [-0.2, -0.15) is 4.98 Å². The lowest BCUT2D eigenvalue weighted by molar-refractivity contribution is 0.334. The third-order valence-corrected chi connectivity index (χ3v) is 6.16. The van der Waals surface area contributed by atoms with E-state index in [1.807, 2.05) is 12.1 Å². The van der Waals surface area contributed by atoms with Crippen molar-refractivity contribution in [2.75, 3.05) is 41.2 Å². The number of benzene rings is 2. The summed E-state index contributed by atoms with van der Waals surface area (Å²) in [5.74, 6) is -0.508. The molecule has 0 saturated carbocycles. The average molecular weight is 485 g/mol. The molecule has 0 bridgehead atoms. The molecular weight excluding hydrogens is 455 g/mol. The van der Waals surface area contributed by atoms with Crippen molar-refractivity contribution in [1.29, 1.82) is 0 Å². The zero-order valence-corrected chi connectivity index (χ0v) is 19.9. The van der Waals surface area contributed by atoms with Gasteiger partial charge in [-0.3, -0.25) is 4.72 Å². The van der Waals surface area contributed by atoms with Crippen molar-refractivity contribution >= 4 is 38.9 Å². The first-order valence-electron chi connectivity index (χ1n) is 11.3. The molecule has 3 N–H and O–H groups in total. The van der Waals surface area contributed by atoms with Gasteiger partial charge in [-0.25, -0.2) is 17.8 Å². The summed E-state index contributed by atoms with van der Waals surface area (Å²) in [6.45, 7) is 3.58. The topological polar surface area (TPSA) is 99.2 Å². The van der Waals surface area contributed by atoms with Crippen molar-refractivity contribution in [3.63, 3.8) is 0 Å². The third kappa shape index (κ3) is 6.88. The molecule has 2 heterocycles. The van der Waals surface area contributed by atoms with Gasteiger partial charge in [0.2, 0.25) is 16.0 Å². The molecular formula is C24H29FN6O2S. The number of sulfonamides is 1. The van der Waals surface area contributed by atoms with Crippen molar-refractivity contribution in [2.24, 2.45) is 0 Å². The molecule has 4 rings (SSSR count). The third-order valence-electron chi connectivity index (χ3n) is 5.57. The van der Waals surface area contributed by atoms with Gasteiger partial charge in [0.15, 0.2) is 11.6 Å².